The van der Waals surface area contributed by atoms with Gasteiger partial charge in [-0.05, 0) is 26.7 Å². The Morgan fingerprint density at radius 1 is 1.29 bits per heavy atom. The van der Waals surface area contributed by atoms with E-state index in [2.05, 4.69) is 5.43 Å². The molecule has 0 aliphatic carbocycles. The summed E-state index contributed by atoms with van der Waals surface area (Å²) >= 11 is 0. The maximum atomic E-state index is 12.0. The Balaban J connectivity index is 4.55. The minimum atomic E-state index is -4.23. The topological polar surface area (TPSA) is 72.2 Å². The first kappa shape index (κ1) is 16.7. The fraction of sp³-hybridized carbons (Fsp3) is 1.00. The van der Waals surface area contributed by atoms with Gasteiger partial charge in [0.05, 0.1) is 4.75 Å². The molecule has 0 saturated carbocycles. The van der Waals surface area contributed by atoms with Gasteiger partial charge in [0.1, 0.15) is 0 Å². The molecule has 0 heterocycles. The molecule has 0 radical (unpaired) electrons. The number of alkyl halides is 3. The van der Waals surface area contributed by atoms with Gasteiger partial charge in [0.25, 0.3) is 0 Å². The first-order valence-corrected chi connectivity index (χ1v) is 7.03. The maximum absolute atomic E-state index is 12.0. The van der Waals surface area contributed by atoms with E-state index in [0.717, 1.165) is 6.26 Å². The molecule has 0 aliphatic rings. The quantitative estimate of drug-likeness (QED) is 0.568. The van der Waals surface area contributed by atoms with Crippen LogP contribution in [0.4, 0.5) is 13.2 Å². The van der Waals surface area contributed by atoms with E-state index in [-0.39, 0.29) is 12.8 Å². The molecule has 0 aliphatic heterocycles. The zero-order valence-electron chi connectivity index (χ0n) is 10.1. The van der Waals surface area contributed by atoms with Crippen molar-refractivity contribution in [3.05, 3.63) is 0 Å². The van der Waals surface area contributed by atoms with Crippen LogP contribution >= 0.6 is 0 Å². The molecule has 8 heteroatoms. The molecule has 0 spiro atoms. The summed E-state index contributed by atoms with van der Waals surface area (Å²) in [4.78, 5) is 0. The summed E-state index contributed by atoms with van der Waals surface area (Å²) in [7, 11) is -3.40. The highest BCUT2D eigenvalue weighted by Crippen LogP contribution is 2.27. The van der Waals surface area contributed by atoms with Crippen molar-refractivity contribution in [2.75, 3.05) is 6.26 Å². The molecule has 3 N–H and O–H groups in total. The average Bonchev–Trinajstić information content (AvgIpc) is 2.08. The highest BCUT2D eigenvalue weighted by Gasteiger charge is 2.38. The minimum Gasteiger partial charge on any atom is -0.271 e. The van der Waals surface area contributed by atoms with Crippen LogP contribution < -0.4 is 11.3 Å². The van der Waals surface area contributed by atoms with Gasteiger partial charge >= 0.3 is 6.18 Å². The predicted molar refractivity (Wildman–Crippen MR) is 59.9 cm³/mol. The molecule has 0 rings (SSSR count). The van der Waals surface area contributed by atoms with Crippen molar-refractivity contribution in [1.82, 2.24) is 5.43 Å². The zero-order chi connectivity index (χ0) is 13.9. The summed E-state index contributed by atoms with van der Waals surface area (Å²) in [6, 6.07) is -0.708. The van der Waals surface area contributed by atoms with Crippen LogP contribution in [0.15, 0.2) is 0 Å². The van der Waals surface area contributed by atoms with Crippen LogP contribution in [0.25, 0.3) is 0 Å². The lowest BCUT2D eigenvalue weighted by molar-refractivity contribution is -0.135. The van der Waals surface area contributed by atoms with Gasteiger partial charge in [0.2, 0.25) is 0 Å². The van der Waals surface area contributed by atoms with Crippen molar-refractivity contribution in [2.45, 2.75) is 50.1 Å². The second-order valence-corrected chi connectivity index (χ2v) is 7.20. The van der Waals surface area contributed by atoms with E-state index in [1.54, 1.807) is 0 Å². The fourth-order valence-corrected chi connectivity index (χ4v) is 2.10. The lowest BCUT2D eigenvalue weighted by Crippen LogP contribution is -2.53. The molecule has 0 bridgehead atoms. The van der Waals surface area contributed by atoms with Gasteiger partial charge < -0.3 is 0 Å². The maximum Gasteiger partial charge on any atom is 0.389 e. The van der Waals surface area contributed by atoms with Crippen molar-refractivity contribution in [1.29, 1.82) is 0 Å². The van der Waals surface area contributed by atoms with Crippen molar-refractivity contribution in [3.63, 3.8) is 0 Å². The number of hydrogen-bond donors (Lipinski definition) is 2. The van der Waals surface area contributed by atoms with Crippen molar-refractivity contribution < 1.29 is 21.6 Å². The smallest absolute Gasteiger partial charge is 0.271 e. The van der Waals surface area contributed by atoms with E-state index < -0.39 is 33.2 Å². The number of nitrogens with one attached hydrogen (secondary N) is 1. The molecule has 17 heavy (non-hydrogen) atoms. The summed E-state index contributed by atoms with van der Waals surface area (Å²) in [5, 5.41) is 0. The Morgan fingerprint density at radius 2 is 1.76 bits per heavy atom. The minimum absolute atomic E-state index is 0.0517. The van der Waals surface area contributed by atoms with Gasteiger partial charge in [0.15, 0.2) is 9.84 Å². The van der Waals surface area contributed by atoms with E-state index >= 15 is 0 Å². The standard InChI is InChI=1S/C9H19F3N2O2S/c1-8(2,17(3,15)16)7(14-13)5-4-6-9(10,11)12/h7,14H,4-6,13H2,1-3H3. The molecular formula is C9H19F3N2O2S. The van der Waals surface area contributed by atoms with E-state index in [1.165, 1.54) is 13.8 Å². The highest BCUT2D eigenvalue weighted by atomic mass is 32.2. The SMILES string of the molecule is CC(C)(C(CCCC(F)(F)F)NN)S(C)(=O)=O. The van der Waals surface area contributed by atoms with Gasteiger partial charge in [-0.3, -0.25) is 11.3 Å². The monoisotopic (exact) mass is 276 g/mol. The molecule has 0 aromatic rings. The third kappa shape index (κ3) is 5.22. The molecular weight excluding hydrogens is 257 g/mol. The summed E-state index contributed by atoms with van der Waals surface area (Å²) in [5.41, 5.74) is 2.29. The number of hydrogen-bond acceptors (Lipinski definition) is 4. The van der Waals surface area contributed by atoms with Crippen LogP contribution in [0, 0.1) is 0 Å². The number of hydrazine groups is 1. The first-order chi connectivity index (χ1) is 7.42. The predicted octanol–water partition coefficient (Wildman–Crippen LogP) is 1.37. The Bertz CT molecular complexity index is 339. The molecule has 0 aromatic carbocycles. The second-order valence-electron chi connectivity index (χ2n) is 4.60. The van der Waals surface area contributed by atoms with Gasteiger partial charge in [-0.15, -0.1) is 0 Å². The summed E-state index contributed by atoms with van der Waals surface area (Å²) in [6.45, 7) is 2.89. The van der Waals surface area contributed by atoms with Crippen LogP contribution in [-0.2, 0) is 9.84 Å². The van der Waals surface area contributed by atoms with Crippen LogP contribution in [-0.4, -0.2) is 31.6 Å². The van der Waals surface area contributed by atoms with E-state index in [0.29, 0.717) is 0 Å². The van der Waals surface area contributed by atoms with Gasteiger partial charge in [-0.25, -0.2) is 8.42 Å². The van der Waals surface area contributed by atoms with Crippen LogP contribution in [0.3, 0.4) is 0 Å². The summed E-state index contributed by atoms with van der Waals surface area (Å²) < 4.78 is 57.7. The molecule has 0 amide bonds. The molecule has 1 atom stereocenters. The number of halogens is 3. The second kappa shape index (κ2) is 5.53. The van der Waals surface area contributed by atoms with E-state index in [9.17, 15) is 21.6 Å². The van der Waals surface area contributed by atoms with E-state index in [4.69, 9.17) is 5.84 Å². The Hall–Kier alpha value is -0.340. The number of rotatable bonds is 6. The summed E-state index contributed by atoms with van der Waals surface area (Å²) in [5.74, 6) is 5.21. The first-order valence-electron chi connectivity index (χ1n) is 5.14. The van der Waals surface area contributed by atoms with Crippen LogP contribution in [0.1, 0.15) is 33.1 Å². The molecule has 0 aromatic heterocycles. The van der Waals surface area contributed by atoms with Crippen LogP contribution in [0.5, 0.6) is 0 Å². The summed E-state index contributed by atoms with van der Waals surface area (Å²) in [6.07, 6.45) is -4.23. The van der Waals surface area contributed by atoms with E-state index in [1.807, 2.05) is 0 Å². The van der Waals surface area contributed by atoms with Crippen molar-refractivity contribution >= 4 is 9.84 Å². The molecule has 1 unspecified atom stereocenters. The third-order valence-corrected chi connectivity index (χ3v) is 5.14. The van der Waals surface area contributed by atoms with Gasteiger partial charge in [0, 0.05) is 18.7 Å². The Morgan fingerprint density at radius 3 is 2.06 bits per heavy atom. The molecule has 104 valence electrons. The van der Waals surface area contributed by atoms with Gasteiger partial charge in [-0.1, -0.05) is 0 Å². The molecule has 0 saturated heterocycles. The largest absolute Gasteiger partial charge is 0.389 e. The third-order valence-electron chi connectivity index (χ3n) is 2.95. The fourth-order valence-electron chi connectivity index (χ4n) is 1.40. The van der Waals surface area contributed by atoms with Crippen molar-refractivity contribution in [2.24, 2.45) is 5.84 Å². The highest BCUT2D eigenvalue weighted by molar-refractivity contribution is 7.92. The molecule has 4 nitrogen and oxygen atoms in total. The Kier molecular flexibility index (Phi) is 5.42. The molecule has 0 fully saturated rings. The van der Waals surface area contributed by atoms with Gasteiger partial charge in [-0.2, -0.15) is 13.2 Å². The normalized spacial score (nSPS) is 15.9. The lowest BCUT2D eigenvalue weighted by Gasteiger charge is -2.32. The Labute approximate surface area is 99.6 Å². The average molecular weight is 276 g/mol. The zero-order valence-corrected chi connectivity index (χ0v) is 11.0. The number of nitrogens with two attached hydrogens (primary N) is 1. The van der Waals surface area contributed by atoms with Crippen LogP contribution in [0.2, 0.25) is 0 Å². The van der Waals surface area contributed by atoms with Crippen molar-refractivity contribution in [3.8, 4) is 0 Å². The number of sulfone groups is 1. The lowest BCUT2D eigenvalue weighted by atomic mass is 9.98.